The van der Waals surface area contributed by atoms with Crippen LogP contribution in [0.2, 0.25) is 0 Å². The SMILES string of the molecule is Oc1ccc2cc3c(Br)cccc3cc2c1. The van der Waals surface area contributed by atoms with Crippen LogP contribution in [0.4, 0.5) is 0 Å². The van der Waals surface area contributed by atoms with Gasteiger partial charge in [0.25, 0.3) is 0 Å². The standard InChI is InChI=1S/C14H9BrO/c15-14-3-1-2-10-6-11-7-12(16)5-4-9(11)8-13(10)14/h1-8,16H. The lowest BCUT2D eigenvalue weighted by Gasteiger charge is -2.04. The summed E-state index contributed by atoms with van der Waals surface area (Å²) in [4.78, 5) is 0. The molecule has 0 aliphatic heterocycles. The molecule has 3 aromatic rings. The van der Waals surface area contributed by atoms with Gasteiger partial charge >= 0.3 is 0 Å². The molecule has 78 valence electrons. The van der Waals surface area contributed by atoms with E-state index in [0.717, 1.165) is 15.2 Å². The van der Waals surface area contributed by atoms with Crippen LogP contribution in [0.25, 0.3) is 21.5 Å². The van der Waals surface area contributed by atoms with Crippen LogP contribution in [0.15, 0.2) is 53.0 Å². The Labute approximate surface area is 101 Å². The highest BCUT2D eigenvalue weighted by Crippen LogP contribution is 2.29. The highest BCUT2D eigenvalue weighted by Gasteiger charge is 2.01. The van der Waals surface area contributed by atoms with Crippen molar-refractivity contribution in [2.75, 3.05) is 0 Å². The fourth-order valence-corrected chi connectivity index (χ4v) is 2.47. The van der Waals surface area contributed by atoms with Crippen molar-refractivity contribution in [1.29, 1.82) is 0 Å². The summed E-state index contributed by atoms with van der Waals surface area (Å²) < 4.78 is 1.10. The molecular weight excluding hydrogens is 264 g/mol. The van der Waals surface area contributed by atoms with Crippen LogP contribution in [-0.4, -0.2) is 5.11 Å². The maximum Gasteiger partial charge on any atom is 0.116 e. The maximum absolute atomic E-state index is 9.45. The molecule has 0 radical (unpaired) electrons. The molecule has 0 fully saturated rings. The normalized spacial score (nSPS) is 11.1. The summed E-state index contributed by atoms with van der Waals surface area (Å²) in [6.07, 6.45) is 0. The molecule has 0 aliphatic carbocycles. The molecule has 1 nitrogen and oxygen atoms in total. The van der Waals surface area contributed by atoms with Gasteiger partial charge in [0, 0.05) is 4.47 Å². The smallest absolute Gasteiger partial charge is 0.116 e. The molecule has 16 heavy (non-hydrogen) atoms. The molecule has 0 aromatic heterocycles. The van der Waals surface area contributed by atoms with Gasteiger partial charge in [0.1, 0.15) is 5.75 Å². The van der Waals surface area contributed by atoms with Gasteiger partial charge in [-0.05, 0) is 51.9 Å². The van der Waals surface area contributed by atoms with E-state index in [1.54, 1.807) is 12.1 Å². The van der Waals surface area contributed by atoms with Crippen LogP contribution in [0, 0.1) is 0 Å². The minimum absolute atomic E-state index is 0.307. The average molecular weight is 273 g/mol. The Morgan fingerprint density at radius 3 is 2.56 bits per heavy atom. The fraction of sp³-hybridized carbons (Fsp3) is 0. The lowest BCUT2D eigenvalue weighted by molar-refractivity contribution is 0.476. The van der Waals surface area contributed by atoms with Crippen LogP contribution in [0.5, 0.6) is 5.75 Å². The molecule has 1 N–H and O–H groups in total. The quantitative estimate of drug-likeness (QED) is 0.599. The molecule has 0 saturated heterocycles. The second-order valence-corrected chi connectivity index (χ2v) is 4.70. The van der Waals surface area contributed by atoms with E-state index in [9.17, 15) is 5.11 Å². The first-order chi connectivity index (χ1) is 7.74. The number of hydrogen-bond acceptors (Lipinski definition) is 1. The van der Waals surface area contributed by atoms with Crippen LogP contribution in [0.3, 0.4) is 0 Å². The van der Waals surface area contributed by atoms with Crippen LogP contribution < -0.4 is 0 Å². The second-order valence-electron chi connectivity index (χ2n) is 3.84. The van der Waals surface area contributed by atoms with Crippen LogP contribution >= 0.6 is 15.9 Å². The lowest BCUT2D eigenvalue weighted by atomic mass is 10.0. The summed E-state index contributed by atoms with van der Waals surface area (Å²) in [5.74, 6) is 0.307. The fourth-order valence-electron chi connectivity index (χ4n) is 1.97. The third-order valence-electron chi connectivity index (χ3n) is 2.77. The molecule has 0 atom stereocenters. The minimum atomic E-state index is 0.307. The largest absolute Gasteiger partial charge is 0.508 e. The number of halogens is 1. The number of phenolic OH excluding ortho intramolecular Hbond substituents is 1. The van der Waals surface area contributed by atoms with Crippen LogP contribution in [0.1, 0.15) is 0 Å². The van der Waals surface area contributed by atoms with E-state index in [-0.39, 0.29) is 0 Å². The number of fused-ring (bicyclic) bond motifs is 2. The van der Waals surface area contributed by atoms with E-state index < -0.39 is 0 Å². The highest BCUT2D eigenvalue weighted by molar-refractivity contribution is 9.10. The molecule has 0 amide bonds. The Hall–Kier alpha value is -1.54. The van der Waals surface area contributed by atoms with Gasteiger partial charge in [-0.2, -0.15) is 0 Å². The first-order valence-electron chi connectivity index (χ1n) is 5.05. The summed E-state index contributed by atoms with van der Waals surface area (Å²) >= 11 is 3.55. The first-order valence-corrected chi connectivity index (χ1v) is 5.84. The lowest BCUT2D eigenvalue weighted by Crippen LogP contribution is -1.77. The third-order valence-corrected chi connectivity index (χ3v) is 3.46. The Morgan fingerprint density at radius 1 is 0.812 bits per heavy atom. The van der Waals surface area contributed by atoms with Gasteiger partial charge in [-0.25, -0.2) is 0 Å². The molecule has 2 heteroatoms. The molecule has 0 aliphatic rings. The second kappa shape index (κ2) is 3.49. The van der Waals surface area contributed by atoms with E-state index in [4.69, 9.17) is 0 Å². The summed E-state index contributed by atoms with van der Waals surface area (Å²) in [5.41, 5.74) is 0. The van der Waals surface area contributed by atoms with Gasteiger partial charge in [0.2, 0.25) is 0 Å². The molecule has 3 rings (SSSR count). The summed E-state index contributed by atoms with van der Waals surface area (Å²) in [6.45, 7) is 0. The molecule has 0 unspecified atom stereocenters. The van der Waals surface area contributed by atoms with Gasteiger partial charge < -0.3 is 5.11 Å². The van der Waals surface area contributed by atoms with E-state index >= 15 is 0 Å². The minimum Gasteiger partial charge on any atom is -0.508 e. The van der Waals surface area contributed by atoms with E-state index in [0.29, 0.717) is 5.75 Å². The van der Waals surface area contributed by atoms with Crippen molar-refractivity contribution in [3.05, 3.63) is 53.0 Å². The topological polar surface area (TPSA) is 20.2 Å². The van der Waals surface area contributed by atoms with Gasteiger partial charge in [-0.3, -0.25) is 0 Å². The van der Waals surface area contributed by atoms with E-state index in [1.807, 2.05) is 18.2 Å². The van der Waals surface area contributed by atoms with Gasteiger partial charge in [0.15, 0.2) is 0 Å². The molecule has 0 heterocycles. The number of aromatic hydroxyl groups is 1. The summed E-state index contributed by atoms with van der Waals surface area (Å²) in [7, 11) is 0. The van der Waals surface area contributed by atoms with Gasteiger partial charge in [-0.15, -0.1) is 0 Å². The number of rotatable bonds is 0. The Balaban J connectivity index is 2.49. The zero-order valence-electron chi connectivity index (χ0n) is 8.44. The molecule has 0 bridgehead atoms. The first kappa shape index (κ1) is 9.67. The Bertz CT molecular complexity index is 688. The zero-order chi connectivity index (χ0) is 11.1. The highest BCUT2D eigenvalue weighted by atomic mass is 79.9. The Kier molecular flexibility index (Phi) is 2.11. The summed E-state index contributed by atoms with van der Waals surface area (Å²) in [6, 6.07) is 15.8. The zero-order valence-corrected chi connectivity index (χ0v) is 10.0. The van der Waals surface area contributed by atoms with Crippen molar-refractivity contribution in [2.45, 2.75) is 0 Å². The van der Waals surface area contributed by atoms with Gasteiger partial charge in [0.05, 0.1) is 0 Å². The van der Waals surface area contributed by atoms with E-state index in [1.165, 1.54) is 10.8 Å². The molecule has 3 aromatic carbocycles. The number of phenols is 1. The van der Waals surface area contributed by atoms with Gasteiger partial charge in [-0.1, -0.05) is 34.1 Å². The predicted octanol–water partition coefficient (Wildman–Crippen LogP) is 4.46. The monoisotopic (exact) mass is 272 g/mol. The molecule has 0 spiro atoms. The average Bonchev–Trinajstić information content (AvgIpc) is 2.27. The number of hydrogen-bond donors (Lipinski definition) is 1. The van der Waals surface area contributed by atoms with Crippen molar-refractivity contribution in [3.8, 4) is 5.75 Å². The van der Waals surface area contributed by atoms with E-state index in [2.05, 4.69) is 34.1 Å². The molecular formula is C14H9BrO. The Morgan fingerprint density at radius 2 is 1.69 bits per heavy atom. The summed E-state index contributed by atoms with van der Waals surface area (Å²) in [5, 5.41) is 14.0. The van der Waals surface area contributed by atoms with Crippen LogP contribution in [-0.2, 0) is 0 Å². The van der Waals surface area contributed by atoms with Crippen molar-refractivity contribution in [3.63, 3.8) is 0 Å². The third kappa shape index (κ3) is 1.46. The van der Waals surface area contributed by atoms with Crippen molar-refractivity contribution in [2.24, 2.45) is 0 Å². The van der Waals surface area contributed by atoms with Crippen molar-refractivity contribution in [1.82, 2.24) is 0 Å². The maximum atomic E-state index is 9.45. The number of benzene rings is 3. The molecule has 0 saturated carbocycles. The predicted molar refractivity (Wildman–Crippen MR) is 70.8 cm³/mol. The van der Waals surface area contributed by atoms with Crippen molar-refractivity contribution >= 4 is 37.5 Å². The van der Waals surface area contributed by atoms with Crippen molar-refractivity contribution < 1.29 is 5.11 Å².